The molecule has 0 saturated heterocycles. The summed E-state index contributed by atoms with van der Waals surface area (Å²) < 4.78 is 0. The Morgan fingerprint density at radius 3 is 0.865 bits per heavy atom. The third-order valence-electron chi connectivity index (χ3n) is 9.76. The topological polar surface area (TPSA) is 6.48 Å². The number of rotatable bonds is 8. The second-order valence-corrected chi connectivity index (χ2v) is 13.8. The standard InChI is InChI=1S/C50H42N2/c1-35-15-11-23-41(27-35)51(42-24-12-16-36(2)28-42)45-31-47(39-19-7-5-8-20-39)50-34-46(32-48(49(50)33-45)40-21-9-6-10-22-40)52(43-25-13-17-37(3)29-43)44-26-14-18-38(4)30-44/h5-34H,1-4H3. The fourth-order valence-electron chi connectivity index (χ4n) is 7.37. The summed E-state index contributed by atoms with van der Waals surface area (Å²) in [5.74, 6) is 0. The van der Waals surface area contributed by atoms with E-state index in [1.807, 2.05) is 0 Å². The number of benzene rings is 8. The first-order chi connectivity index (χ1) is 25.4. The summed E-state index contributed by atoms with van der Waals surface area (Å²) in [6.07, 6.45) is 0. The smallest absolute Gasteiger partial charge is 0.0474 e. The van der Waals surface area contributed by atoms with Gasteiger partial charge >= 0.3 is 0 Å². The van der Waals surface area contributed by atoms with Gasteiger partial charge in [0.1, 0.15) is 0 Å². The highest BCUT2D eigenvalue weighted by Crippen LogP contribution is 2.46. The quantitative estimate of drug-likeness (QED) is 0.159. The Morgan fingerprint density at radius 2 is 0.577 bits per heavy atom. The van der Waals surface area contributed by atoms with Crippen molar-refractivity contribution in [3.05, 3.63) is 204 Å². The molecule has 8 aromatic carbocycles. The van der Waals surface area contributed by atoms with Crippen molar-refractivity contribution in [2.75, 3.05) is 9.80 Å². The molecule has 8 aromatic rings. The lowest BCUT2D eigenvalue weighted by Crippen LogP contribution is -2.12. The summed E-state index contributed by atoms with van der Waals surface area (Å²) in [5.41, 5.74) is 16.4. The number of hydrogen-bond acceptors (Lipinski definition) is 2. The molecule has 0 amide bonds. The van der Waals surface area contributed by atoms with Crippen LogP contribution in [0.5, 0.6) is 0 Å². The Balaban J connectivity index is 1.48. The van der Waals surface area contributed by atoms with Crippen LogP contribution in [-0.4, -0.2) is 0 Å². The summed E-state index contributed by atoms with van der Waals surface area (Å²) >= 11 is 0. The van der Waals surface area contributed by atoms with E-state index in [4.69, 9.17) is 0 Å². The van der Waals surface area contributed by atoms with Crippen LogP contribution in [0, 0.1) is 27.7 Å². The van der Waals surface area contributed by atoms with E-state index in [2.05, 4.69) is 219 Å². The molecular weight excluding hydrogens is 629 g/mol. The highest BCUT2D eigenvalue weighted by atomic mass is 15.1. The zero-order valence-corrected chi connectivity index (χ0v) is 30.2. The highest BCUT2D eigenvalue weighted by molar-refractivity contribution is 6.09. The Kier molecular flexibility index (Phi) is 8.89. The minimum absolute atomic E-state index is 1.11. The molecule has 2 nitrogen and oxygen atoms in total. The summed E-state index contributed by atoms with van der Waals surface area (Å²) in [4.78, 5) is 4.81. The molecule has 0 unspecified atom stereocenters. The maximum Gasteiger partial charge on any atom is 0.0474 e. The van der Waals surface area contributed by atoms with Crippen LogP contribution in [0.15, 0.2) is 182 Å². The maximum absolute atomic E-state index is 2.40. The lowest BCUT2D eigenvalue weighted by Gasteiger charge is -2.29. The second-order valence-electron chi connectivity index (χ2n) is 13.8. The number of aryl methyl sites for hydroxylation is 4. The van der Waals surface area contributed by atoms with Crippen LogP contribution in [0.25, 0.3) is 33.0 Å². The van der Waals surface area contributed by atoms with Crippen molar-refractivity contribution in [3.63, 3.8) is 0 Å². The van der Waals surface area contributed by atoms with E-state index in [-0.39, 0.29) is 0 Å². The van der Waals surface area contributed by atoms with Crippen LogP contribution in [-0.2, 0) is 0 Å². The van der Waals surface area contributed by atoms with Crippen LogP contribution < -0.4 is 9.80 Å². The summed E-state index contributed by atoms with van der Waals surface area (Å²) in [6, 6.07) is 66.4. The Morgan fingerprint density at radius 1 is 0.269 bits per heavy atom. The number of anilines is 6. The van der Waals surface area contributed by atoms with Crippen molar-refractivity contribution < 1.29 is 0 Å². The van der Waals surface area contributed by atoms with Crippen molar-refractivity contribution in [2.45, 2.75) is 27.7 Å². The second kappa shape index (κ2) is 14.1. The third-order valence-corrected chi connectivity index (χ3v) is 9.76. The van der Waals surface area contributed by atoms with Gasteiger partial charge in [-0.15, -0.1) is 0 Å². The molecule has 0 aliphatic carbocycles. The predicted octanol–water partition coefficient (Wildman–Crippen LogP) is 14.3. The molecule has 252 valence electrons. The van der Waals surface area contributed by atoms with Gasteiger partial charge in [-0.25, -0.2) is 0 Å². The van der Waals surface area contributed by atoms with E-state index >= 15 is 0 Å². The molecular formula is C50H42N2. The van der Waals surface area contributed by atoms with Gasteiger partial charge in [0.05, 0.1) is 0 Å². The molecule has 0 aromatic heterocycles. The fraction of sp³-hybridized carbons (Fsp3) is 0.0800. The number of hydrogen-bond donors (Lipinski definition) is 0. The molecule has 0 saturated carbocycles. The largest absolute Gasteiger partial charge is 0.310 e. The summed E-state index contributed by atoms with van der Waals surface area (Å²) in [5, 5.41) is 2.40. The molecule has 0 aliphatic heterocycles. The first kappa shape index (κ1) is 32.8. The lowest BCUT2D eigenvalue weighted by atomic mass is 9.90. The van der Waals surface area contributed by atoms with E-state index in [0.717, 1.165) is 34.1 Å². The van der Waals surface area contributed by atoms with Crippen LogP contribution >= 0.6 is 0 Å². The minimum Gasteiger partial charge on any atom is -0.310 e. The molecule has 0 aliphatic rings. The summed E-state index contributed by atoms with van der Waals surface area (Å²) in [7, 11) is 0. The van der Waals surface area contributed by atoms with E-state index in [1.165, 1.54) is 55.3 Å². The van der Waals surface area contributed by atoms with Crippen molar-refractivity contribution in [1.82, 2.24) is 0 Å². The van der Waals surface area contributed by atoms with Crippen LogP contribution in [0.1, 0.15) is 22.3 Å². The number of fused-ring (bicyclic) bond motifs is 1. The Labute approximate surface area is 307 Å². The molecule has 0 fully saturated rings. The van der Waals surface area contributed by atoms with Crippen molar-refractivity contribution in [1.29, 1.82) is 0 Å². The fourth-order valence-corrected chi connectivity index (χ4v) is 7.37. The minimum atomic E-state index is 1.11. The lowest BCUT2D eigenvalue weighted by molar-refractivity contribution is 1.26. The van der Waals surface area contributed by atoms with Crippen molar-refractivity contribution in [3.8, 4) is 22.3 Å². The molecule has 0 bridgehead atoms. The van der Waals surface area contributed by atoms with E-state index in [9.17, 15) is 0 Å². The van der Waals surface area contributed by atoms with Gasteiger partial charge in [0.15, 0.2) is 0 Å². The zero-order valence-electron chi connectivity index (χ0n) is 30.2. The number of nitrogens with zero attached hydrogens (tertiary/aromatic N) is 2. The van der Waals surface area contributed by atoms with E-state index in [1.54, 1.807) is 0 Å². The first-order valence-electron chi connectivity index (χ1n) is 18.0. The van der Waals surface area contributed by atoms with E-state index in [0.29, 0.717) is 0 Å². The monoisotopic (exact) mass is 670 g/mol. The average Bonchev–Trinajstić information content (AvgIpc) is 3.15. The van der Waals surface area contributed by atoms with Gasteiger partial charge in [0, 0.05) is 34.1 Å². The zero-order chi connectivity index (χ0) is 35.6. The van der Waals surface area contributed by atoms with Crippen LogP contribution in [0.3, 0.4) is 0 Å². The normalized spacial score (nSPS) is 11.1. The van der Waals surface area contributed by atoms with Gasteiger partial charge in [0.25, 0.3) is 0 Å². The molecule has 2 heteroatoms. The molecule has 52 heavy (non-hydrogen) atoms. The molecule has 0 heterocycles. The van der Waals surface area contributed by atoms with Crippen LogP contribution in [0.4, 0.5) is 34.1 Å². The SMILES string of the molecule is Cc1cccc(N(c2cccc(C)c2)c2cc(-c3ccccc3)c3cc(N(c4cccc(C)c4)c4cccc(C)c4)cc(-c4ccccc4)c3c2)c1. The highest BCUT2D eigenvalue weighted by Gasteiger charge is 2.21. The van der Waals surface area contributed by atoms with Gasteiger partial charge < -0.3 is 9.80 Å². The molecule has 0 atom stereocenters. The first-order valence-corrected chi connectivity index (χ1v) is 18.0. The Hall–Kier alpha value is -6.38. The molecule has 0 radical (unpaired) electrons. The van der Waals surface area contributed by atoms with Gasteiger partial charge in [-0.2, -0.15) is 0 Å². The molecule has 0 spiro atoms. The third kappa shape index (κ3) is 6.59. The van der Waals surface area contributed by atoms with Crippen LogP contribution in [0.2, 0.25) is 0 Å². The maximum atomic E-state index is 2.40. The predicted molar refractivity (Wildman–Crippen MR) is 223 cm³/mol. The Bertz CT molecular complexity index is 2250. The summed E-state index contributed by atoms with van der Waals surface area (Å²) in [6.45, 7) is 8.65. The van der Waals surface area contributed by atoms with E-state index < -0.39 is 0 Å². The average molecular weight is 671 g/mol. The van der Waals surface area contributed by atoms with Gasteiger partial charge in [-0.1, -0.05) is 109 Å². The molecule has 0 N–H and O–H groups in total. The van der Waals surface area contributed by atoms with Crippen molar-refractivity contribution in [2.24, 2.45) is 0 Å². The molecule has 8 rings (SSSR count). The van der Waals surface area contributed by atoms with Gasteiger partial charge in [-0.3, -0.25) is 0 Å². The van der Waals surface area contributed by atoms with Gasteiger partial charge in [0.2, 0.25) is 0 Å². The van der Waals surface area contributed by atoms with Gasteiger partial charge in [-0.05, 0) is 156 Å². The van der Waals surface area contributed by atoms with Crippen molar-refractivity contribution >= 4 is 44.9 Å².